The van der Waals surface area contributed by atoms with Crippen molar-refractivity contribution in [3.05, 3.63) is 94.4 Å². The monoisotopic (exact) mass is 494 g/mol. The SMILES string of the molecule is Cc1ccc(C(=O)N2CCC(c3nc(-c4ccc(C(N)=O)c(-c5cc(C)cc(C)c5)c4)no3)CC2)cc1. The Hall–Kier alpha value is -4.26. The highest BCUT2D eigenvalue weighted by molar-refractivity contribution is 6.00. The molecule has 5 rings (SSSR count). The van der Waals surface area contributed by atoms with Crippen molar-refractivity contribution in [2.45, 2.75) is 39.5 Å². The van der Waals surface area contributed by atoms with Gasteiger partial charge in [-0.15, -0.1) is 0 Å². The molecule has 1 aromatic heterocycles. The highest BCUT2D eigenvalue weighted by atomic mass is 16.5. The highest BCUT2D eigenvalue weighted by Crippen LogP contribution is 2.32. The molecule has 0 bridgehead atoms. The van der Waals surface area contributed by atoms with E-state index < -0.39 is 5.91 Å². The van der Waals surface area contributed by atoms with Crippen LogP contribution in [0, 0.1) is 20.8 Å². The number of carbonyl (C=O) groups is 2. The Balaban J connectivity index is 1.34. The number of primary amides is 1. The highest BCUT2D eigenvalue weighted by Gasteiger charge is 2.28. The Labute approximate surface area is 216 Å². The van der Waals surface area contributed by atoms with Gasteiger partial charge in [-0.2, -0.15) is 4.98 Å². The minimum Gasteiger partial charge on any atom is -0.366 e. The molecule has 0 radical (unpaired) electrons. The van der Waals surface area contributed by atoms with Gasteiger partial charge in [-0.1, -0.05) is 58.2 Å². The summed E-state index contributed by atoms with van der Waals surface area (Å²) in [6.45, 7) is 7.33. The first kappa shape index (κ1) is 24.4. The number of piperidine rings is 1. The number of rotatable bonds is 5. The fraction of sp³-hybridized carbons (Fsp3) is 0.267. The topological polar surface area (TPSA) is 102 Å². The van der Waals surface area contributed by atoms with Crippen LogP contribution in [-0.2, 0) is 0 Å². The molecular formula is C30H30N4O3. The summed E-state index contributed by atoms with van der Waals surface area (Å²) in [6.07, 6.45) is 1.52. The van der Waals surface area contributed by atoms with Gasteiger partial charge < -0.3 is 15.2 Å². The smallest absolute Gasteiger partial charge is 0.253 e. The Kier molecular flexibility index (Phi) is 6.61. The number of benzene rings is 3. The molecule has 1 aliphatic heterocycles. The quantitative estimate of drug-likeness (QED) is 0.398. The molecule has 2 amide bonds. The number of carbonyl (C=O) groups excluding carboxylic acids is 2. The first-order valence-electron chi connectivity index (χ1n) is 12.5. The maximum absolute atomic E-state index is 12.9. The third-order valence-corrected chi connectivity index (χ3v) is 6.95. The van der Waals surface area contributed by atoms with Crippen LogP contribution in [0.5, 0.6) is 0 Å². The van der Waals surface area contributed by atoms with E-state index in [0.717, 1.165) is 46.2 Å². The molecule has 1 aliphatic rings. The molecule has 188 valence electrons. The molecule has 4 aromatic rings. The van der Waals surface area contributed by atoms with Crippen LogP contribution < -0.4 is 5.73 Å². The van der Waals surface area contributed by atoms with Gasteiger partial charge >= 0.3 is 0 Å². The van der Waals surface area contributed by atoms with E-state index in [0.29, 0.717) is 35.9 Å². The number of nitrogens with zero attached hydrogens (tertiary/aromatic N) is 3. The van der Waals surface area contributed by atoms with Crippen LogP contribution in [0.3, 0.4) is 0 Å². The van der Waals surface area contributed by atoms with Gasteiger partial charge in [-0.3, -0.25) is 9.59 Å². The van der Waals surface area contributed by atoms with Gasteiger partial charge in [0, 0.05) is 35.7 Å². The predicted octanol–water partition coefficient (Wildman–Crippen LogP) is 5.45. The summed E-state index contributed by atoms with van der Waals surface area (Å²) in [5.41, 5.74) is 12.6. The van der Waals surface area contributed by atoms with Crippen molar-refractivity contribution in [1.29, 1.82) is 0 Å². The summed E-state index contributed by atoms with van der Waals surface area (Å²) in [4.78, 5) is 31.6. The van der Waals surface area contributed by atoms with Crippen LogP contribution >= 0.6 is 0 Å². The van der Waals surface area contributed by atoms with Gasteiger partial charge in [0.1, 0.15) is 0 Å². The fourth-order valence-corrected chi connectivity index (χ4v) is 4.99. The average Bonchev–Trinajstić information content (AvgIpc) is 3.38. The molecule has 0 aliphatic carbocycles. The number of likely N-dealkylation sites (tertiary alicyclic amines) is 1. The van der Waals surface area contributed by atoms with Crippen LogP contribution in [0.15, 0.2) is 65.2 Å². The zero-order chi connectivity index (χ0) is 26.1. The van der Waals surface area contributed by atoms with E-state index in [-0.39, 0.29) is 11.8 Å². The summed E-state index contributed by atoms with van der Waals surface area (Å²) >= 11 is 0. The van der Waals surface area contributed by atoms with E-state index >= 15 is 0 Å². The van der Waals surface area contributed by atoms with Crippen molar-refractivity contribution in [3.63, 3.8) is 0 Å². The fourth-order valence-electron chi connectivity index (χ4n) is 4.99. The van der Waals surface area contributed by atoms with Gasteiger partial charge in [0.2, 0.25) is 17.6 Å². The number of hydrogen-bond acceptors (Lipinski definition) is 5. The third-order valence-electron chi connectivity index (χ3n) is 6.95. The van der Waals surface area contributed by atoms with E-state index in [4.69, 9.17) is 10.3 Å². The molecule has 0 spiro atoms. The number of aryl methyl sites for hydroxylation is 3. The second-order valence-corrected chi connectivity index (χ2v) is 9.89. The lowest BCUT2D eigenvalue weighted by Gasteiger charge is -2.30. The molecule has 7 nitrogen and oxygen atoms in total. The molecule has 0 atom stereocenters. The average molecular weight is 495 g/mol. The van der Waals surface area contributed by atoms with E-state index in [1.165, 1.54) is 0 Å². The Morgan fingerprint density at radius 2 is 1.54 bits per heavy atom. The number of aromatic nitrogens is 2. The van der Waals surface area contributed by atoms with Crippen LogP contribution in [0.1, 0.15) is 62.1 Å². The molecule has 7 heteroatoms. The van der Waals surface area contributed by atoms with Crippen molar-refractivity contribution in [2.24, 2.45) is 5.73 Å². The van der Waals surface area contributed by atoms with E-state index in [2.05, 4.69) is 16.2 Å². The Morgan fingerprint density at radius 3 is 2.19 bits per heavy atom. The predicted molar refractivity (Wildman–Crippen MR) is 142 cm³/mol. The lowest BCUT2D eigenvalue weighted by atomic mass is 9.94. The zero-order valence-electron chi connectivity index (χ0n) is 21.3. The molecule has 2 N–H and O–H groups in total. The lowest BCUT2D eigenvalue weighted by Crippen LogP contribution is -2.38. The standard InChI is InChI=1S/C30H30N4O3/c1-18-4-6-22(7-5-18)30(36)34-12-10-21(11-13-34)29-32-28(33-37-29)23-8-9-25(27(31)35)26(17-23)24-15-19(2)14-20(3)16-24/h4-9,14-17,21H,10-13H2,1-3H3,(H2,31,35). The van der Waals surface area contributed by atoms with Crippen molar-refractivity contribution in [1.82, 2.24) is 15.0 Å². The molecule has 1 saturated heterocycles. The molecular weight excluding hydrogens is 464 g/mol. The van der Waals surface area contributed by atoms with E-state index in [1.54, 1.807) is 12.1 Å². The van der Waals surface area contributed by atoms with Gasteiger partial charge in [-0.05, 0) is 69.0 Å². The van der Waals surface area contributed by atoms with Crippen LogP contribution in [-0.4, -0.2) is 39.9 Å². The minimum atomic E-state index is -0.485. The summed E-state index contributed by atoms with van der Waals surface area (Å²) in [5, 5.41) is 4.23. The zero-order valence-corrected chi connectivity index (χ0v) is 21.3. The number of amides is 2. The van der Waals surface area contributed by atoms with Crippen molar-refractivity contribution in [2.75, 3.05) is 13.1 Å². The van der Waals surface area contributed by atoms with Crippen molar-refractivity contribution < 1.29 is 14.1 Å². The molecule has 0 saturated carbocycles. The van der Waals surface area contributed by atoms with E-state index in [1.807, 2.05) is 68.1 Å². The Morgan fingerprint density at radius 1 is 0.865 bits per heavy atom. The third kappa shape index (κ3) is 5.16. The molecule has 3 aromatic carbocycles. The minimum absolute atomic E-state index is 0.0538. The van der Waals surface area contributed by atoms with Crippen LogP contribution in [0.2, 0.25) is 0 Å². The lowest BCUT2D eigenvalue weighted by molar-refractivity contribution is 0.0704. The summed E-state index contributed by atoms with van der Waals surface area (Å²) in [5.74, 6) is 0.700. The van der Waals surface area contributed by atoms with Gasteiger partial charge in [-0.25, -0.2) is 0 Å². The Bertz CT molecular complexity index is 1440. The van der Waals surface area contributed by atoms with Crippen LogP contribution in [0.25, 0.3) is 22.5 Å². The van der Waals surface area contributed by atoms with Gasteiger partial charge in [0.25, 0.3) is 5.91 Å². The van der Waals surface area contributed by atoms with E-state index in [9.17, 15) is 9.59 Å². The van der Waals surface area contributed by atoms with Gasteiger partial charge in [0.15, 0.2) is 0 Å². The second kappa shape index (κ2) is 10.0. The number of hydrogen-bond donors (Lipinski definition) is 1. The summed E-state index contributed by atoms with van der Waals surface area (Å²) in [7, 11) is 0. The van der Waals surface area contributed by atoms with Crippen molar-refractivity contribution in [3.8, 4) is 22.5 Å². The van der Waals surface area contributed by atoms with Crippen molar-refractivity contribution >= 4 is 11.8 Å². The maximum Gasteiger partial charge on any atom is 0.253 e. The molecule has 1 fully saturated rings. The van der Waals surface area contributed by atoms with Gasteiger partial charge in [0.05, 0.1) is 0 Å². The largest absolute Gasteiger partial charge is 0.366 e. The maximum atomic E-state index is 12.9. The normalized spacial score (nSPS) is 14.1. The second-order valence-electron chi connectivity index (χ2n) is 9.89. The first-order chi connectivity index (χ1) is 17.8. The molecule has 37 heavy (non-hydrogen) atoms. The number of nitrogens with two attached hydrogens (primary N) is 1. The summed E-state index contributed by atoms with van der Waals surface area (Å²) < 4.78 is 5.66. The van der Waals surface area contributed by atoms with Crippen LogP contribution in [0.4, 0.5) is 0 Å². The summed E-state index contributed by atoms with van der Waals surface area (Å²) in [6, 6.07) is 19.2. The molecule has 0 unspecified atom stereocenters. The first-order valence-corrected chi connectivity index (χ1v) is 12.5. The molecule has 2 heterocycles.